The highest BCUT2D eigenvalue weighted by Crippen LogP contribution is 2.56. The molecule has 0 saturated heterocycles. The summed E-state index contributed by atoms with van der Waals surface area (Å²) in [5.74, 6) is -0.312. The number of hydrogen-bond donors (Lipinski definition) is 3. The van der Waals surface area contributed by atoms with E-state index >= 15 is 0 Å². The van der Waals surface area contributed by atoms with E-state index in [4.69, 9.17) is 9.05 Å². The Bertz CT molecular complexity index is 394. The van der Waals surface area contributed by atoms with Crippen LogP contribution in [-0.2, 0) is 14.3 Å². The molecule has 0 aliphatic rings. The second-order valence-corrected chi connectivity index (χ2v) is 6.03. The minimum atomic E-state index is -1.37. The van der Waals surface area contributed by atoms with E-state index in [0.717, 1.165) is 0 Å². The van der Waals surface area contributed by atoms with Gasteiger partial charge in [0.15, 0.2) is 8.38 Å². The average Bonchev–Trinajstić information content (AvgIpc) is 2.39. The summed E-state index contributed by atoms with van der Waals surface area (Å²) < 4.78 is 25.4. The Kier molecular flexibility index (Phi) is 7.21. The Hall–Kier alpha value is -0.230. The number of halogens is 1. The minimum Gasteiger partial charge on any atom is -0.333 e. The maximum atomic E-state index is 14.1. The number of hydrazine groups is 1. The molecule has 2 N–H and O–H groups in total. The molecule has 19 heavy (non-hydrogen) atoms. The first-order valence-electron chi connectivity index (χ1n) is 6.07. The third-order valence-corrected chi connectivity index (χ3v) is 4.74. The summed E-state index contributed by atoms with van der Waals surface area (Å²) in [6.45, 7) is 6.56. The van der Waals surface area contributed by atoms with Gasteiger partial charge in [0.2, 0.25) is 0 Å². The van der Waals surface area contributed by atoms with Gasteiger partial charge in [0, 0.05) is 5.56 Å². The molecular formula is C12H20FN2O2PS. The van der Waals surface area contributed by atoms with Crippen LogP contribution in [0.1, 0.15) is 26.3 Å². The van der Waals surface area contributed by atoms with Gasteiger partial charge in [0.25, 0.3) is 0 Å². The zero-order valence-electron chi connectivity index (χ0n) is 11.3. The van der Waals surface area contributed by atoms with Crippen molar-refractivity contribution in [1.29, 1.82) is 0 Å². The molecule has 1 aromatic carbocycles. The maximum Gasteiger partial charge on any atom is 0.198 e. The quantitative estimate of drug-likeness (QED) is 0.391. The van der Waals surface area contributed by atoms with Crippen LogP contribution in [0.2, 0.25) is 0 Å². The normalized spacial score (nSPS) is 14.6. The van der Waals surface area contributed by atoms with Crippen LogP contribution in [0.3, 0.4) is 0 Å². The van der Waals surface area contributed by atoms with Crippen molar-refractivity contribution < 1.29 is 13.4 Å². The smallest absolute Gasteiger partial charge is 0.198 e. The van der Waals surface area contributed by atoms with Crippen LogP contribution < -0.4 is 10.3 Å². The van der Waals surface area contributed by atoms with Crippen LogP contribution in [0.15, 0.2) is 24.3 Å². The highest BCUT2D eigenvalue weighted by atomic mass is 32.1. The third kappa shape index (κ3) is 4.12. The summed E-state index contributed by atoms with van der Waals surface area (Å²) in [5.41, 5.74) is 3.42. The predicted octanol–water partition coefficient (Wildman–Crippen LogP) is 3.32. The molecule has 0 radical (unpaired) electrons. The summed E-state index contributed by atoms with van der Waals surface area (Å²) in [6, 6.07) is 6.55. The first-order valence-corrected chi connectivity index (χ1v) is 7.69. The highest BCUT2D eigenvalue weighted by molar-refractivity contribution is 7.78. The van der Waals surface area contributed by atoms with E-state index in [9.17, 15) is 4.39 Å². The second-order valence-electron chi connectivity index (χ2n) is 3.88. The molecule has 7 heteroatoms. The molecule has 0 fully saturated rings. The van der Waals surface area contributed by atoms with Crippen LogP contribution in [0.4, 0.5) is 4.39 Å². The van der Waals surface area contributed by atoms with Crippen molar-refractivity contribution in [3.8, 4) is 0 Å². The van der Waals surface area contributed by atoms with Crippen molar-refractivity contribution in [2.45, 2.75) is 26.1 Å². The Balaban J connectivity index is 3.16. The van der Waals surface area contributed by atoms with Crippen LogP contribution in [0.25, 0.3) is 0 Å². The zero-order chi connectivity index (χ0) is 14.3. The summed E-state index contributed by atoms with van der Waals surface area (Å²) in [5, 5.41) is -0.839. The molecule has 108 valence electrons. The lowest BCUT2D eigenvalue weighted by Gasteiger charge is -2.36. The third-order valence-electron chi connectivity index (χ3n) is 2.56. The molecule has 0 unspecified atom stereocenters. The van der Waals surface area contributed by atoms with E-state index in [1.54, 1.807) is 18.2 Å². The number of nitrogens with one attached hydrogen (secondary N) is 2. The van der Waals surface area contributed by atoms with Crippen molar-refractivity contribution in [2.75, 3.05) is 13.2 Å². The highest BCUT2D eigenvalue weighted by Gasteiger charge is 2.40. The van der Waals surface area contributed by atoms with Crippen molar-refractivity contribution in [2.24, 2.45) is 0 Å². The Morgan fingerprint density at radius 3 is 2.32 bits per heavy atom. The summed E-state index contributed by atoms with van der Waals surface area (Å²) in [4.78, 5) is 2.57. The lowest BCUT2D eigenvalue weighted by molar-refractivity contribution is 0.236. The summed E-state index contributed by atoms with van der Waals surface area (Å²) >= 11 is 3.95. The fourth-order valence-corrected chi connectivity index (χ4v) is 3.60. The van der Waals surface area contributed by atoms with Crippen molar-refractivity contribution in [1.82, 2.24) is 10.3 Å². The topological polar surface area (TPSA) is 42.5 Å². The van der Waals surface area contributed by atoms with Crippen LogP contribution >= 0.6 is 21.2 Å². The van der Waals surface area contributed by atoms with Crippen LogP contribution in [0.5, 0.6) is 0 Å². The van der Waals surface area contributed by atoms with E-state index in [1.165, 1.54) is 6.07 Å². The summed E-state index contributed by atoms with van der Waals surface area (Å²) in [7, 11) is -1.37. The average molecular weight is 306 g/mol. The molecule has 1 atom stereocenters. The number of rotatable bonds is 8. The van der Waals surface area contributed by atoms with Gasteiger partial charge in [-0.1, -0.05) is 31.0 Å². The minimum absolute atomic E-state index is 0.312. The van der Waals surface area contributed by atoms with Gasteiger partial charge in [-0.05, 0) is 26.8 Å². The molecule has 0 aliphatic heterocycles. The van der Waals surface area contributed by atoms with Gasteiger partial charge in [-0.15, -0.1) is 0 Å². The maximum absolute atomic E-state index is 14.1. The number of thiol groups is 1. The number of hydrogen-bond acceptors (Lipinski definition) is 5. The largest absolute Gasteiger partial charge is 0.333 e. The van der Waals surface area contributed by atoms with Gasteiger partial charge in [0.1, 0.15) is 11.1 Å². The second kappa shape index (κ2) is 8.15. The van der Waals surface area contributed by atoms with Gasteiger partial charge in [-0.25, -0.2) is 14.6 Å². The van der Waals surface area contributed by atoms with E-state index < -0.39 is 13.7 Å². The van der Waals surface area contributed by atoms with E-state index in [1.807, 2.05) is 20.8 Å². The molecule has 0 spiro atoms. The molecule has 1 rings (SSSR count). The molecule has 0 bridgehead atoms. The monoisotopic (exact) mass is 306 g/mol. The van der Waals surface area contributed by atoms with Gasteiger partial charge >= 0.3 is 0 Å². The Morgan fingerprint density at radius 2 is 1.84 bits per heavy atom. The van der Waals surface area contributed by atoms with Gasteiger partial charge in [-0.3, -0.25) is 0 Å². The molecule has 0 saturated carbocycles. The van der Waals surface area contributed by atoms with E-state index in [2.05, 4.69) is 23.1 Å². The fourth-order valence-electron chi connectivity index (χ4n) is 1.71. The van der Waals surface area contributed by atoms with Crippen LogP contribution in [-0.4, -0.2) is 13.2 Å². The van der Waals surface area contributed by atoms with E-state index in [0.29, 0.717) is 18.8 Å². The Labute approximate surface area is 120 Å². The van der Waals surface area contributed by atoms with Crippen LogP contribution in [0, 0.1) is 5.82 Å². The van der Waals surface area contributed by atoms with Gasteiger partial charge in [-0.2, -0.15) is 0 Å². The molecule has 0 aliphatic carbocycles. The van der Waals surface area contributed by atoms with Crippen molar-refractivity contribution >= 4 is 21.2 Å². The van der Waals surface area contributed by atoms with Crippen molar-refractivity contribution in [3.05, 3.63) is 35.6 Å². The molecule has 0 amide bonds. The molecular weight excluding hydrogens is 286 g/mol. The Morgan fingerprint density at radius 1 is 1.26 bits per heavy atom. The van der Waals surface area contributed by atoms with Gasteiger partial charge in [0.05, 0.1) is 13.2 Å². The SMILES string of the molecule is CCOP(OCC)[C@@](C)(NNS)c1ccccc1F. The molecule has 1 aromatic rings. The lowest BCUT2D eigenvalue weighted by atomic mass is 10.1. The zero-order valence-corrected chi connectivity index (χ0v) is 13.1. The fraction of sp³-hybridized carbons (Fsp3) is 0.500. The molecule has 4 nitrogen and oxygen atoms in total. The van der Waals surface area contributed by atoms with Gasteiger partial charge < -0.3 is 9.05 Å². The first kappa shape index (κ1) is 16.8. The lowest BCUT2D eigenvalue weighted by Crippen LogP contribution is -2.44. The van der Waals surface area contributed by atoms with E-state index in [-0.39, 0.29) is 5.82 Å². The summed E-state index contributed by atoms with van der Waals surface area (Å²) in [6.07, 6.45) is 0. The molecule has 0 heterocycles. The number of benzene rings is 1. The van der Waals surface area contributed by atoms with Crippen molar-refractivity contribution in [3.63, 3.8) is 0 Å². The standard InChI is InChI=1S/C12H20FN2O2PS/c1-4-16-18(17-5-2)12(3,14-15-19)10-8-6-7-9-11(10)13/h6-9,14-15,19H,4-5H2,1-3H3/t12-/m1/s1. The predicted molar refractivity (Wildman–Crippen MR) is 79.2 cm³/mol. The molecule has 0 aromatic heterocycles. The first-order chi connectivity index (χ1) is 9.10.